The lowest BCUT2D eigenvalue weighted by Gasteiger charge is -2.16. The van der Waals surface area contributed by atoms with Crippen molar-refractivity contribution in [2.24, 2.45) is 5.92 Å². The summed E-state index contributed by atoms with van der Waals surface area (Å²) in [6.07, 6.45) is 4.76. The van der Waals surface area contributed by atoms with Crippen molar-refractivity contribution in [3.63, 3.8) is 0 Å². The van der Waals surface area contributed by atoms with Crippen molar-refractivity contribution < 1.29 is 9.59 Å². The number of hydrogen-bond acceptors (Lipinski definition) is 4. The van der Waals surface area contributed by atoms with Crippen LogP contribution in [-0.4, -0.2) is 38.0 Å². The molecule has 7 heteroatoms. The van der Waals surface area contributed by atoms with Crippen LogP contribution in [0.1, 0.15) is 37.1 Å². The smallest absolute Gasteiger partial charge is 0.229 e. The van der Waals surface area contributed by atoms with Crippen LogP contribution in [0.4, 0.5) is 5.69 Å². The van der Waals surface area contributed by atoms with Gasteiger partial charge in [-0.3, -0.25) is 9.59 Å². The first-order chi connectivity index (χ1) is 15.7. The Bertz CT molecular complexity index is 1110. The Kier molecular flexibility index (Phi) is 5.71. The van der Waals surface area contributed by atoms with Gasteiger partial charge in [0.1, 0.15) is 5.82 Å². The molecule has 1 aromatic heterocycles. The number of nitrogens with one attached hydrogen (secondary N) is 1. The number of amides is 2. The van der Waals surface area contributed by atoms with Crippen LogP contribution < -0.4 is 5.32 Å². The Morgan fingerprint density at radius 2 is 1.81 bits per heavy atom. The quantitative estimate of drug-likeness (QED) is 0.671. The number of carbonyl (C=O) groups excluding carboxylic acids is 2. The molecule has 1 saturated heterocycles. The summed E-state index contributed by atoms with van der Waals surface area (Å²) in [4.78, 5) is 26.9. The number of hydrogen-bond donors (Lipinski definition) is 1. The second-order valence-electron chi connectivity index (χ2n) is 8.63. The summed E-state index contributed by atoms with van der Waals surface area (Å²) in [6.45, 7) is 1.94. The molecular weight excluding hydrogens is 402 g/mol. The number of rotatable bonds is 5. The van der Waals surface area contributed by atoms with Crippen LogP contribution in [0.5, 0.6) is 0 Å². The van der Waals surface area contributed by atoms with Gasteiger partial charge in [-0.05, 0) is 42.7 Å². The van der Waals surface area contributed by atoms with E-state index in [4.69, 9.17) is 0 Å². The first-order valence-electron chi connectivity index (χ1n) is 11.3. The SMILES string of the molecule is O=C(Nc1ccc(-c2nnc3n2CCCCC3)cc1)[C@@H]1CC(=O)N(Cc2ccccc2)C1. The molecule has 3 aromatic rings. The highest BCUT2D eigenvalue weighted by Crippen LogP contribution is 2.25. The summed E-state index contributed by atoms with van der Waals surface area (Å²) in [7, 11) is 0. The molecule has 0 aliphatic carbocycles. The molecule has 0 radical (unpaired) electrons. The third kappa shape index (κ3) is 4.28. The van der Waals surface area contributed by atoms with E-state index in [0.717, 1.165) is 54.3 Å². The van der Waals surface area contributed by atoms with Crippen LogP contribution in [0.15, 0.2) is 54.6 Å². The largest absolute Gasteiger partial charge is 0.338 e. The van der Waals surface area contributed by atoms with Gasteiger partial charge in [0.25, 0.3) is 0 Å². The van der Waals surface area contributed by atoms with E-state index in [1.54, 1.807) is 4.90 Å². The highest BCUT2D eigenvalue weighted by Gasteiger charge is 2.34. The van der Waals surface area contributed by atoms with E-state index >= 15 is 0 Å². The van der Waals surface area contributed by atoms with Gasteiger partial charge in [0.05, 0.1) is 5.92 Å². The molecule has 32 heavy (non-hydrogen) atoms. The highest BCUT2D eigenvalue weighted by atomic mass is 16.2. The fraction of sp³-hybridized carbons (Fsp3) is 0.360. The van der Waals surface area contributed by atoms with Gasteiger partial charge >= 0.3 is 0 Å². The molecule has 1 N–H and O–H groups in total. The average Bonchev–Trinajstić information content (AvgIpc) is 3.30. The van der Waals surface area contributed by atoms with E-state index in [1.807, 2.05) is 54.6 Å². The molecule has 0 spiro atoms. The Balaban J connectivity index is 1.22. The number of aryl methyl sites for hydroxylation is 1. The van der Waals surface area contributed by atoms with Gasteiger partial charge in [-0.2, -0.15) is 0 Å². The molecule has 2 aliphatic rings. The summed E-state index contributed by atoms with van der Waals surface area (Å²) < 4.78 is 2.21. The number of aromatic nitrogens is 3. The van der Waals surface area contributed by atoms with Crippen molar-refractivity contribution in [3.05, 3.63) is 66.0 Å². The van der Waals surface area contributed by atoms with Gasteiger partial charge in [0.15, 0.2) is 5.82 Å². The van der Waals surface area contributed by atoms with E-state index in [1.165, 1.54) is 6.42 Å². The maximum absolute atomic E-state index is 12.8. The monoisotopic (exact) mass is 429 g/mol. The number of nitrogens with zero attached hydrogens (tertiary/aromatic N) is 4. The van der Waals surface area contributed by atoms with Crippen LogP contribution in [0.25, 0.3) is 11.4 Å². The number of fused-ring (bicyclic) bond motifs is 1. The minimum atomic E-state index is -0.335. The van der Waals surface area contributed by atoms with Crippen molar-refractivity contribution in [2.75, 3.05) is 11.9 Å². The Morgan fingerprint density at radius 3 is 2.62 bits per heavy atom. The van der Waals surface area contributed by atoms with Crippen molar-refractivity contribution in [2.45, 2.75) is 45.2 Å². The van der Waals surface area contributed by atoms with Gasteiger partial charge in [-0.25, -0.2) is 0 Å². The molecule has 164 valence electrons. The standard InChI is InChI=1S/C25H27N5O2/c31-23-15-20(17-29(23)16-18-7-3-1-4-8-18)25(32)26-21-12-10-19(11-13-21)24-28-27-22-9-5-2-6-14-30(22)24/h1,3-4,7-8,10-13,20H,2,5-6,9,14-17H2,(H,26,32)/t20-/m1/s1. The van der Waals surface area contributed by atoms with Crippen LogP contribution in [0.3, 0.4) is 0 Å². The maximum atomic E-state index is 12.8. The molecule has 3 heterocycles. The third-order valence-electron chi connectivity index (χ3n) is 6.32. The summed E-state index contributed by atoms with van der Waals surface area (Å²) in [5, 5.41) is 11.7. The van der Waals surface area contributed by atoms with Crippen LogP contribution in [0.2, 0.25) is 0 Å². The molecule has 0 bridgehead atoms. The zero-order chi connectivity index (χ0) is 21.9. The van der Waals surface area contributed by atoms with E-state index in [9.17, 15) is 9.59 Å². The van der Waals surface area contributed by atoms with E-state index in [0.29, 0.717) is 13.1 Å². The van der Waals surface area contributed by atoms with E-state index in [2.05, 4.69) is 20.1 Å². The van der Waals surface area contributed by atoms with Crippen LogP contribution in [-0.2, 0) is 29.1 Å². The second-order valence-corrected chi connectivity index (χ2v) is 8.63. The fourth-order valence-electron chi connectivity index (χ4n) is 4.55. The number of likely N-dealkylation sites (tertiary alicyclic amines) is 1. The Labute approximate surface area is 187 Å². The summed E-state index contributed by atoms with van der Waals surface area (Å²) >= 11 is 0. The molecule has 2 aromatic carbocycles. The topological polar surface area (TPSA) is 80.1 Å². The molecule has 1 fully saturated rings. The minimum Gasteiger partial charge on any atom is -0.338 e. The zero-order valence-corrected chi connectivity index (χ0v) is 18.0. The van der Waals surface area contributed by atoms with Crippen LogP contribution >= 0.6 is 0 Å². The summed E-state index contributed by atoms with van der Waals surface area (Å²) in [5.41, 5.74) is 2.79. The predicted molar refractivity (Wildman–Crippen MR) is 122 cm³/mol. The third-order valence-corrected chi connectivity index (χ3v) is 6.32. The van der Waals surface area contributed by atoms with Crippen molar-refractivity contribution in [1.29, 1.82) is 0 Å². The lowest BCUT2D eigenvalue weighted by molar-refractivity contribution is -0.128. The molecule has 2 aliphatic heterocycles. The molecule has 1 atom stereocenters. The van der Waals surface area contributed by atoms with Crippen molar-refractivity contribution >= 4 is 17.5 Å². The maximum Gasteiger partial charge on any atom is 0.229 e. The molecule has 0 saturated carbocycles. The molecule has 0 unspecified atom stereocenters. The lowest BCUT2D eigenvalue weighted by atomic mass is 10.1. The van der Waals surface area contributed by atoms with Gasteiger partial charge in [-0.1, -0.05) is 36.8 Å². The number of benzene rings is 2. The van der Waals surface area contributed by atoms with Gasteiger partial charge in [-0.15, -0.1) is 10.2 Å². The lowest BCUT2D eigenvalue weighted by Crippen LogP contribution is -2.28. The first kappa shape index (κ1) is 20.4. The Morgan fingerprint density at radius 1 is 1.00 bits per heavy atom. The molecule has 2 amide bonds. The Hall–Kier alpha value is -3.48. The molecule has 5 rings (SSSR count). The number of anilines is 1. The summed E-state index contributed by atoms with van der Waals surface area (Å²) in [6, 6.07) is 17.6. The normalized spacial score (nSPS) is 18.3. The zero-order valence-electron chi connectivity index (χ0n) is 18.0. The first-order valence-corrected chi connectivity index (χ1v) is 11.3. The van der Waals surface area contributed by atoms with Crippen LogP contribution in [0, 0.1) is 5.92 Å². The van der Waals surface area contributed by atoms with Gasteiger partial charge in [0, 0.05) is 43.7 Å². The summed E-state index contributed by atoms with van der Waals surface area (Å²) in [5.74, 6) is 1.52. The number of carbonyl (C=O) groups is 2. The van der Waals surface area contributed by atoms with E-state index in [-0.39, 0.29) is 24.2 Å². The minimum absolute atomic E-state index is 0.0249. The molecule has 7 nitrogen and oxygen atoms in total. The fourth-order valence-corrected chi connectivity index (χ4v) is 4.55. The van der Waals surface area contributed by atoms with Gasteiger partial charge in [0.2, 0.25) is 11.8 Å². The average molecular weight is 430 g/mol. The predicted octanol–water partition coefficient (Wildman–Crippen LogP) is 3.66. The van der Waals surface area contributed by atoms with Crippen molar-refractivity contribution in [3.8, 4) is 11.4 Å². The highest BCUT2D eigenvalue weighted by molar-refractivity contribution is 5.97. The van der Waals surface area contributed by atoms with Gasteiger partial charge < -0.3 is 14.8 Å². The molecular formula is C25H27N5O2. The van der Waals surface area contributed by atoms with E-state index < -0.39 is 0 Å². The van der Waals surface area contributed by atoms with Crippen molar-refractivity contribution in [1.82, 2.24) is 19.7 Å². The second kappa shape index (κ2) is 8.94.